The van der Waals surface area contributed by atoms with Crippen molar-refractivity contribution in [2.75, 3.05) is 0 Å². The van der Waals surface area contributed by atoms with Gasteiger partial charge in [0.05, 0.1) is 57.5 Å². The number of fused-ring (bicyclic) bond motifs is 9. The highest BCUT2D eigenvalue weighted by atomic mass is 15.0. The van der Waals surface area contributed by atoms with E-state index in [2.05, 4.69) is 133 Å². The monoisotopic (exact) mass is 724 g/mol. The van der Waals surface area contributed by atoms with Gasteiger partial charge in [0.15, 0.2) is 11.4 Å². The topological polar surface area (TPSA) is 47.3 Å². The second-order valence-corrected chi connectivity index (χ2v) is 14.3. The molecular formula is C51H28N6. The fourth-order valence-corrected chi connectivity index (χ4v) is 8.90. The van der Waals surface area contributed by atoms with Crippen LogP contribution in [0.1, 0.15) is 5.56 Å². The zero-order valence-electron chi connectivity index (χ0n) is 30.3. The van der Waals surface area contributed by atoms with E-state index in [0.717, 1.165) is 82.8 Å². The minimum atomic E-state index is 0.482. The fraction of sp³-hybridized carbons (Fsp3) is 0. The summed E-state index contributed by atoms with van der Waals surface area (Å²) >= 11 is 0. The maximum absolute atomic E-state index is 10.8. The van der Waals surface area contributed by atoms with E-state index in [9.17, 15) is 5.26 Å². The van der Waals surface area contributed by atoms with Crippen LogP contribution < -0.4 is 0 Å². The van der Waals surface area contributed by atoms with Crippen LogP contribution in [0.5, 0.6) is 0 Å². The molecule has 6 heteroatoms. The van der Waals surface area contributed by atoms with Crippen molar-refractivity contribution < 1.29 is 0 Å². The van der Waals surface area contributed by atoms with Gasteiger partial charge in [-0.05, 0) is 83.7 Å². The minimum Gasteiger partial charge on any atom is -0.311 e. The molecule has 0 saturated heterocycles. The van der Waals surface area contributed by atoms with Gasteiger partial charge in [-0.1, -0.05) is 97.1 Å². The molecule has 6 nitrogen and oxygen atoms in total. The van der Waals surface area contributed by atoms with Gasteiger partial charge < -0.3 is 13.7 Å². The molecule has 8 aromatic carbocycles. The highest BCUT2D eigenvalue weighted by Gasteiger charge is 2.22. The summed E-state index contributed by atoms with van der Waals surface area (Å²) in [6.45, 7) is 15.9. The third-order valence-corrected chi connectivity index (χ3v) is 11.3. The molecule has 0 aliphatic rings. The molecule has 3 heterocycles. The van der Waals surface area contributed by atoms with Gasteiger partial charge in [0.2, 0.25) is 0 Å². The second-order valence-electron chi connectivity index (χ2n) is 14.3. The highest BCUT2D eigenvalue weighted by Crippen LogP contribution is 2.42. The van der Waals surface area contributed by atoms with Crippen molar-refractivity contribution >= 4 is 76.8 Å². The number of hydrogen-bond donors (Lipinski definition) is 0. The number of para-hydroxylation sites is 5. The van der Waals surface area contributed by atoms with Crippen LogP contribution >= 0.6 is 0 Å². The van der Waals surface area contributed by atoms with Crippen LogP contribution in [-0.2, 0) is 0 Å². The third-order valence-electron chi connectivity index (χ3n) is 11.3. The summed E-state index contributed by atoms with van der Waals surface area (Å²) < 4.78 is 6.72. The molecule has 0 bridgehead atoms. The summed E-state index contributed by atoms with van der Waals surface area (Å²) in [5.41, 5.74) is 12.0. The standard InChI is InChI=1S/C51H28N6/c1-53-34-22-25-49-44(29-34)42-16-6-9-20-47(42)56(49)37-27-33(26-35(28-37)54-2)38-17-11-12-32(31-52)51(38)57-48-21-10-5-15-41(48)43-24-23-36(30-50(43)57)55-45-18-7-3-13-39(45)40-14-4-8-19-46(40)55/h3-30H. The van der Waals surface area contributed by atoms with E-state index in [4.69, 9.17) is 13.1 Å². The predicted octanol–water partition coefficient (Wildman–Crippen LogP) is 13.6. The first-order valence-electron chi connectivity index (χ1n) is 18.6. The minimum absolute atomic E-state index is 0.482. The fourth-order valence-electron chi connectivity index (χ4n) is 8.90. The van der Waals surface area contributed by atoms with Crippen molar-refractivity contribution in [2.24, 2.45) is 0 Å². The molecule has 11 aromatic rings. The first kappa shape index (κ1) is 32.1. The van der Waals surface area contributed by atoms with Crippen molar-refractivity contribution in [3.05, 3.63) is 198 Å². The van der Waals surface area contributed by atoms with E-state index >= 15 is 0 Å². The average Bonchev–Trinajstić information content (AvgIpc) is 3.91. The van der Waals surface area contributed by atoms with Crippen molar-refractivity contribution in [3.8, 4) is 34.3 Å². The lowest BCUT2D eigenvalue weighted by Gasteiger charge is -2.18. The normalized spacial score (nSPS) is 11.5. The first-order chi connectivity index (χ1) is 28.1. The van der Waals surface area contributed by atoms with Gasteiger partial charge in [-0.25, -0.2) is 9.69 Å². The van der Waals surface area contributed by atoms with E-state index in [-0.39, 0.29) is 0 Å². The molecule has 11 rings (SSSR count). The maximum Gasteiger partial charge on any atom is 0.189 e. The molecular weight excluding hydrogens is 697 g/mol. The summed E-state index contributed by atoms with van der Waals surface area (Å²) in [4.78, 5) is 7.66. The van der Waals surface area contributed by atoms with Crippen LogP contribution in [0.4, 0.5) is 11.4 Å². The van der Waals surface area contributed by atoms with Crippen LogP contribution in [0.25, 0.3) is 103 Å². The lowest BCUT2D eigenvalue weighted by molar-refractivity contribution is 1.15. The van der Waals surface area contributed by atoms with Gasteiger partial charge >= 0.3 is 0 Å². The summed E-state index contributed by atoms with van der Waals surface area (Å²) in [5, 5.41) is 17.4. The number of nitrogens with zero attached hydrogens (tertiary/aromatic N) is 6. The van der Waals surface area contributed by atoms with E-state index in [1.807, 2.05) is 66.7 Å². The van der Waals surface area contributed by atoms with Gasteiger partial charge in [0.1, 0.15) is 6.07 Å². The summed E-state index contributed by atoms with van der Waals surface area (Å²) in [6.07, 6.45) is 0. The Labute approximate surface area is 327 Å². The number of aromatic nitrogens is 3. The molecule has 262 valence electrons. The van der Waals surface area contributed by atoms with Crippen LogP contribution in [0, 0.1) is 24.5 Å². The Morgan fingerprint density at radius 3 is 1.56 bits per heavy atom. The van der Waals surface area contributed by atoms with E-state index in [1.165, 1.54) is 10.8 Å². The molecule has 57 heavy (non-hydrogen) atoms. The third kappa shape index (κ3) is 4.68. The number of rotatable bonds is 4. The van der Waals surface area contributed by atoms with Crippen LogP contribution in [0.2, 0.25) is 0 Å². The molecule has 0 spiro atoms. The van der Waals surface area contributed by atoms with Gasteiger partial charge in [-0.3, -0.25) is 0 Å². The Hall–Kier alpha value is -8.37. The predicted molar refractivity (Wildman–Crippen MR) is 232 cm³/mol. The Morgan fingerprint density at radius 2 is 0.947 bits per heavy atom. The summed E-state index contributed by atoms with van der Waals surface area (Å²) in [6, 6.07) is 60.2. The van der Waals surface area contributed by atoms with Gasteiger partial charge in [-0.15, -0.1) is 0 Å². The van der Waals surface area contributed by atoms with E-state index in [1.54, 1.807) is 0 Å². The second kappa shape index (κ2) is 12.3. The largest absolute Gasteiger partial charge is 0.311 e. The SMILES string of the molecule is [C-]#[N+]c1cc(-c2cccc(C#N)c2-n2c3ccccc3c3ccc(-n4c5ccccc5c5ccccc54)cc32)cc(-n2c3ccccc3c3cc([N+]#[C-])ccc32)c1. The highest BCUT2D eigenvalue weighted by molar-refractivity contribution is 6.13. The van der Waals surface area contributed by atoms with E-state index < -0.39 is 0 Å². The molecule has 3 aromatic heterocycles. The quantitative estimate of drug-likeness (QED) is 0.167. The van der Waals surface area contributed by atoms with Gasteiger partial charge in [-0.2, -0.15) is 5.26 Å². The Kier molecular flexibility index (Phi) is 6.95. The molecule has 0 amide bonds. The van der Waals surface area contributed by atoms with Crippen molar-refractivity contribution in [3.63, 3.8) is 0 Å². The van der Waals surface area contributed by atoms with Crippen molar-refractivity contribution in [1.29, 1.82) is 5.26 Å². The van der Waals surface area contributed by atoms with Crippen LogP contribution in [0.15, 0.2) is 170 Å². The number of benzene rings is 8. The van der Waals surface area contributed by atoms with Crippen molar-refractivity contribution in [1.82, 2.24) is 13.7 Å². The van der Waals surface area contributed by atoms with Crippen LogP contribution in [-0.4, -0.2) is 13.7 Å². The van der Waals surface area contributed by atoms with Crippen molar-refractivity contribution in [2.45, 2.75) is 0 Å². The Morgan fingerprint density at radius 1 is 0.404 bits per heavy atom. The lowest BCUT2D eigenvalue weighted by Crippen LogP contribution is -2.02. The summed E-state index contributed by atoms with van der Waals surface area (Å²) in [7, 11) is 0. The average molecular weight is 725 g/mol. The number of nitriles is 1. The van der Waals surface area contributed by atoms with Crippen LogP contribution in [0.3, 0.4) is 0 Å². The van der Waals surface area contributed by atoms with Gasteiger partial charge in [0, 0.05) is 43.9 Å². The Bertz CT molecular complexity index is 3580. The first-order valence-corrected chi connectivity index (χ1v) is 18.6. The maximum atomic E-state index is 10.8. The molecule has 0 aliphatic heterocycles. The molecule has 0 radical (unpaired) electrons. The zero-order valence-corrected chi connectivity index (χ0v) is 30.3. The Balaban J connectivity index is 1.20. The molecule has 0 fully saturated rings. The lowest BCUT2D eigenvalue weighted by atomic mass is 9.98. The molecule has 0 aliphatic carbocycles. The molecule has 0 N–H and O–H groups in total. The zero-order chi connectivity index (χ0) is 38.2. The van der Waals surface area contributed by atoms with Gasteiger partial charge in [0.25, 0.3) is 0 Å². The molecule has 0 saturated carbocycles. The number of hydrogen-bond acceptors (Lipinski definition) is 1. The van der Waals surface area contributed by atoms with E-state index in [0.29, 0.717) is 16.9 Å². The molecule has 0 unspecified atom stereocenters. The summed E-state index contributed by atoms with van der Waals surface area (Å²) in [5.74, 6) is 0. The molecule has 0 atom stereocenters. The smallest absolute Gasteiger partial charge is 0.189 e.